The van der Waals surface area contributed by atoms with Gasteiger partial charge in [-0.05, 0) is 18.2 Å². The van der Waals surface area contributed by atoms with Crippen LogP contribution >= 0.6 is 34.8 Å². The Bertz CT molecular complexity index is 614. The number of nitrogens with zero attached hydrogens (tertiary/aromatic N) is 2. The Hall–Kier alpha value is -1.36. The van der Waals surface area contributed by atoms with Gasteiger partial charge in [0.15, 0.2) is 0 Å². The summed E-state index contributed by atoms with van der Waals surface area (Å²) in [7, 11) is 0. The largest absolute Gasteiger partial charge is 0.287 e. The van der Waals surface area contributed by atoms with E-state index in [0.717, 1.165) is 6.20 Å². The summed E-state index contributed by atoms with van der Waals surface area (Å²) in [5.74, 6) is 0. The number of hydrogen-bond donors (Lipinski definition) is 0. The number of nitro groups is 1. The lowest BCUT2D eigenvalue weighted by Crippen LogP contribution is -1.91. The lowest BCUT2D eigenvalue weighted by atomic mass is 10.1. The van der Waals surface area contributed by atoms with E-state index in [9.17, 15) is 10.1 Å². The molecular weight excluding hydrogens is 298 g/mol. The van der Waals surface area contributed by atoms with Gasteiger partial charge < -0.3 is 0 Å². The molecule has 0 aliphatic rings. The average molecular weight is 304 g/mol. The fourth-order valence-corrected chi connectivity index (χ4v) is 2.13. The van der Waals surface area contributed by atoms with Crippen LogP contribution in [0.4, 0.5) is 5.69 Å². The summed E-state index contributed by atoms with van der Waals surface area (Å²) < 4.78 is 0. The summed E-state index contributed by atoms with van der Waals surface area (Å²) in [6.45, 7) is 0. The van der Waals surface area contributed by atoms with Gasteiger partial charge in [-0.3, -0.25) is 10.1 Å². The molecule has 0 saturated carbocycles. The van der Waals surface area contributed by atoms with E-state index in [1.165, 1.54) is 12.1 Å². The highest BCUT2D eigenvalue weighted by molar-refractivity contribution is 6.46. The first kappa shape index (κ1) is 13.1. The van der Waals surface area contributed by atoms with Gasteiger partial charge in [0.1, 0.15) is 6.20 Å². The number of hydrogen-bond acceptors (Lipinski definition) is 3. The third-order valence-electron chi connectivity index (χ3n) is 2.26. The maximum absolute atomic E-state index is 10.5. The second-order valence-electron chi connectivity index (χ2n) is 3.38. The van der Waals surface area contributed by atoms with E-state index in [0.29, 0.717) is 21.3 Å². The van der Waals surface area contributed by atoms with Crippen molar-refractivity contribution in [3.05, 3.63) is 55.6 Å². The van der Waals surface area contributed by atoms with Crippen molar-refractivity contribution < 1.29 is 4.92 Å². The van der Waals surface area contributed by atoms with Crippen LogP contribution < -0.4 is 0 Å². The first-order valence-corrected chi connectivity index (χ1v) is 5.88. The monoisotopic (exact) mass is 302 g/mol. The molecule has 7 heteroatoms. The van der Waals surface area contributed by atoms with E-state index in [4.69, 9.17) is 34.8 Å². The van der Waals surface area contributed by atoms with E-state index in [1.807, 2.05) is 0 Å². The lowest BCUT2D eigenvalue weighted by Gasteiger charge is -2.07. The van der Waals surface area contributed by atoms with Crippen molar-refractivity contribution in [2.45, 2.75) is 0 Å². The number of aromatic nitrogens is 1. The van der Waals surface area contributed by atoms with Crippen LogP contribution in [0.1, 0.15) is 0 Å². The minimum atomic E-state index is -0.530. The smallest absolute Gasteiger partial charge is 0.258 e. The molecule has 1 aromatic heterocycles. The SMILES string of the molecule is O=[N+]([O-])c1ccc(-c2c(Cl)ccc(Cl)c2Cl)nc1. The summed E-state index contributed by atoms with van der Waals surface area (Å²) >= 11 is 18.0. The molecule has 0 aliphatic carbocycles. The predicted molar refractivity (Wildman–Crippen MR) is 71.4 cm³/mol. The molecule has 0 atom stereocenters. The molecule has 1 aromatic carbocycles. The van der Waals surface area contributed by atoms with Crippen molar-refractivity contribution in [2.75, 3.05) is 0 Å². The molecule has 18 heavy (non-hydrogen) atoms. The average Bonchev–Trinajstić information content (AvgIpc) is 2.35. The van der Waals surface area contributed by atoms with Crippen LogP contribution in [-0.2, 0) is 0 Å². The second kappa shape index (κ2) is 5.10. The Morgan fingerprint density at radius 1 is 1.06 bits per heavy atom. The standard InChI is InChI=1S/C11H5Cl3N2O2/c12-7-2-3-8(13)11(14)10(7)9-4-1-6(5-15-9)16(17)18/h1-5H. The minimum Gasteiger partial charge on any atom is -0.258 e. The summed E-state index contributed by atoms with van der Waals surface area (Å²) in [4.78, 5) is 14.0. The number of rotatable bonds is 2. The van der Waals surface area contributed by atoms with Gasteiger partial charge in [0.05, 0.1) is 25.7 Å². The Labute approximate surface area is 117 Å². The topological polar surface area (TPSA) is 56.0 Å². The summed E-state index contributed by atoms with van der Waals surface area (Å²) in [6.07, 6.45) is 1.14. The number of halogens is 3. The second-order valence-corrected chi connectivity index (χ2v) is 4.57. The van der Waals surface area contributed by atoms with Gasteiger partial charge >= 0.3 is 0 Å². The van der Waals surface area contributed by atoms with E-state index < -0.39 is 4.92 Å². The molecule has 0 amide bonds. The minimum absolute atomic E-state index is 0.104. The van der Waals surface area contributed by atoms with E-state index in [1.54, 1.807) is 12.1 Å². The maximum atomic E-state index is 10.5. The molecule has 0 spiro atoms. The van der Waals surface area contributed by atoms with Crippen molar-refractivity contribution in [3.63, 3.8) is 0 Å². The first-order chi connectivity index (χ1) is 8.50. The van der Waals surface area contributed by atoms with Crippen LogP contribution in [0.15, 0.2) is 30.5 Å². The normalized spacial score (nSPS) is 10.4. The number of pyridine rings is 1. The Morgan fingerprint density at radius 2 is 1.72 bits per heavy atom. The van der Waals surface area contributed by atoms with Crippen molar-refractivity contribution >= 4 is 40.5 Å². The van der Waals surface area contributed by atoms with Crippen LogP contribution in [0.2, 0.25) is 15.1 Å². The highest BCUT2D eigenvalue weighted by atomic mass is 35.5. The van der Waals surface area contributed by atoms with Crippen molar-refractivity contribution in [2.24, 2.45) is 0 Å². The van der Waals surface area contributed by atoms with Crippen LogP contribution in [0, 0.1) is 10.1 Å². The first-order valence-electron chi connectivity index (χ1n) is 4.75. The molecule has 2 rings (SSSR count). The molecule has 1 heterocycles. The third kappa shape index (κ3) is 2.41. The predicted octanol–water partition coefficient (Wildman–Crippen LogP) is 4.62. The quantitative estimate of drug-likeness (QED) is 0.462. The van der Waals surface area contributed by atoms with Gasteiger partial charge in [0.25, 0.3) is 5.69 Å². The van der Waals surface area contributed by atoms with Gasteiger partial charge in [-0.15, -0.1) is 0 Å². The third-order valence-corrected chi connectivity index (χ3v) is 3.38. The Balaban J connectivity index is 2.55. The van der Waals surface area contributed by atoms with Crippen molar-refractivity contribution in [3.8, 4) is 11.3 Å². The van der Waals surface area contributed by atoms with Gasteiger partial charge in [0.2, 0.25) is 0 Å². The Kier molecular flexibility index (Phi) is 3.71. The highest BCUT2D eigenvalue weighted by Gasteiger charge is 2.14. The maximum Gasteiger partial charge on any atom is 0.287 e. The molecule has 0 aliphatic heterocycles. The molecule has 92 valence electrons. The van der Waals surface area contributed by atoms with Crippen LogP contribution in [0.3, 0.4) is 0 Å². The van der Waals surface area contributed by atoms with Gasteiger partial charge in [-0.2, -0.15) is 0 Å². The van der Waals surface area contributed by atoms with Crippen LogP contribution in [0.5, 0.6) is 0 Å². The van der Waals surface area contributed by atoms with E-state index in [-0.39, 0.29) is 10.7 Å². The van der Waals surface area contributed by atoms with E-state index >= 15 is 0 Å². The van der Waals surface area contributed by atoms with E-state index in [2.05, 4.69) is 4.98 Å². The van der Waals surface area contributed by atoms with Crippen LogP contribution in [0.25, 0.3) is 11.3 Å². The molecule has 0 radical (unpaired) electrons. The zero-order valence-electron chi connectivity index (χ0n) is 8.73. The molecular formula is C11H5Cl3N2O2. The molecule has 0 fully saturated rings. The summed E-state index contributed by atoms with van der Waals surface area (Å²) in [5.41, 5.74) is 0.784. The molecule has 0 N–H and O–H groups in total. The fourth-order valence-electron chi connectivity index (χ4n) is 1.40. The Morgan fingerprint density at radius 3 is 2.28 bits per heavy atom. The lowest BCUT2D eigenvalue weighted by molar-refractivity contribution is -0.385. The van der Waals surface area contributed by atoms with Gasteiger partial charge in [-0.25, -0.2) is 4.98 Å². The zero-order chi connectivity index (χ0) is 13.3. The molecule has 2 aromatic rings. The van der Waals surface area contributed by atoms with Gasteiger partial charge in [-0.1, -0.05) is 34.8 Å². The van der Waals surface area contributed by atoms with Crippen LogP contribution in [-0.4, -0.2) is 9.91 Å². The fraction of sp³-hybridized carbons (Fsp3) is 0. The molecule has 4 nitrogen and oxygen atoms in total. The molecule has 0 unspecified atom stereocenters. The zero-order valence-corrected chi connectivity index (χ0v) is 11.0. The highest BCUT2D eigenvalue weighted by Crippen LogP contribution is 2.38. The molecule has 0 saturated heterocycles. The van der Waals surface area contributed by atoms with Crippen molar-refractivity contribution in [1.29, 1.82) is 0 Å². The summed E-state index contributed by atoms with van der Waals surface area (Å²) in [6, 6.07) is 5.97. The van der Waals surface area contributed by atoms with Gasteiger partial charge in [0, 0.05) is 11.6 Å². The summed E-state index contributed by atoms with van der Waals surface area (Å²) in [5, 5.41) is 11.5. The van der Waals surface area contributed by atoms with Crippen molar-refractivity contribution in [1.82, 2.24) is 4.98 Å². The number of benzene rings is 1. The molecule has 0 bridgehead atoms.